The van der Waals surface area contributed by atoms with Gasteiger partial charge < -0.3 is 9.80 Å². The quantitative estimate of drug-likeness (QED) is 0.520. The number of likely N-dealkylation sites (N-methyl/N-ethyl adjacent to an activating group) is 1. The van der Waals surface area contributed by atoms with Crippen LogP contribution in [-0.4, -0.2) is 62.2 Å². The monoisotopic (exact) mass is 226 g/mol. The molecule has 4 heteroatoms. The van der Waals surface area contributed by atoms with Crippen LogP contribution in [-0.2, 0) is 0 Å². The molecule has 3 atom stereocenters. The third-order valence-electron chi connectivity index (χ3n) is 4.09. The lowest BCUT2D eigenvalue weighted by molar-refractivity contribution is 0.141. The molecule has 2 N–H and O–H groups in total. The molecule has 0 aromatic heterocycles. The van der Waals surface area contributed by atoms with Gasteiger partial charge in [0.2, 0.25) is 0 Å². The fourth-order valence-corrected chi connectivity index (χ4v) is 3.03. The highest BCUT2D eigenvalue weighted by Gasteiger charge is 2.38. The second-order valence-corrected chi connectivity index (χ2v) is 5.59. The van der Waals surface area contributed by atoms with Crippen molar-refractivity contribution >= 4 is 0 Å². The second kappa shape index (κ2) is 5.45. The average molecular weight is 226 g/mol. The van der Waals surface area contributed by atoms with Gasteiger partial charge in [-0.2, -0.15) is 0 Å². The summed E-state index contributed by atoms with van der Waals surface area (Å²) in [6, 6.07) is 2.33. The summed E-state index contributed by atoms with van der Waals surface area (Å²) >= 11 is 0. The van der Waals surface area contributed by atoms with E-state index in [1.54, 1.807) is 0 Å². The molecule has 0 amide bonds. The molecule has 4 nitrogen and oxygen atoms in total. The Kier molecular flexibility index (Phi) is 4.19. The molecule has 0 spiro atoms. The maximum atomic E-state index is 3.50. The van der Waals surface area contributed by atoms with Gasteiger partial charge in [-0.05, 0) is 46.8 Å². The largest absolute Gasteiger partial charge is 0.308 e. The van der Waals surface area contributed by atoms with Crippen LogP contribution in [0.15, 0.2) is 0 Å². The van der Waals surface area contributed by atoms with Gasteiger partial charge in [0.05, 0.1) is 0 Å². The highest BCUT2D eigenvalue weighted by molar-refractivity contribution is 4.95. The minimum absolute atomic E-state index is 0.677. The van der Waals surface area contributed by atoms with Gasteiger partial charge in [-0.1, -0.05) is 0 Å². The highest BCUT2D eigenvalue weighted by atomic mass is 15.4. The molecule has 1 unspecified atom stereocenters. The number of rotatable bonds is 5. The van der Waals surface area contributed by atoms with Crippen LogP contribution in [0.25, 0.3) is 0 Å². The summed E-state index contributed by atoms with van der Waals surface area (Å²) in [5.74, 6) is 0. The molecule has 2 aliphatic rings. The van der Waals surface area contributed by atoms with E-state index in [4.69, 9.17) is 0 Å². The Balaban J connectivity index is 1.65. The number of fused-ring (bicyclic) bond motifs is 2. The average Bonchev–Trinajstić information content (AvgIpc) is 2.50. The van der Waals surface area contributed by atoms with Crippen LogP contribution < -0.4 is 10.9 Å². The number of nitrogens with one attached hydrogen (secondary N) is 2. The molecular formula is C12H26N4. The molecule has 2 aliphatic heterocycles. The van der Waals surface area contributed by atoms with E-state index in [1.165, 1.54) is 25.7 Å². The molecule has 2 rings (SSSR count). The van der Waals surface area contributed by atoms with Crippen LogP contribution in [0.5, 0.6) is 0 Å². The molecule has 2 bridgehead atoms. The first-order valence-corrected chi connectivity index (χ1v) is 6.52. The smallest absolute Gasteiger partial charge is 0.0242 e. The number of nitrogens with zero attached hydrogens (tertiary/aromatic N) is 2. The van der Waals surface area contributed by atoms with Crippen molar-refractivity contribution < 1.29 is 0 Å². The minimum Gasteiger partial charge on any atom is -0.308 e. The van der Waals surface area contributed by atoms with Crippen molar-refractivity contribution in [3.8, 4) is 0 Å². The SMILES string of the molecule is CN(C)CCNNC1C[C@H]2CC[C@@H](C1)N2C. The summed E-state index contributed by atoms with van der Waals surface area (Å²) in [7, 11) is 6.51. The summed E-state index contributed by atoms with van der Waals surface area (Å²) in [5.41, 5.74) is 6.85. The van der Waals surface area contributed by atoms with E-state index in [2.05, 4.69) is 41.8 Å². The van der Waals surface area contributed by atoms with Crippen molar-refractivity contribution in [1.82, 2.24) is 20.7 Å². The van der Waals surface area contributed by atoms with Crippen molar-refractivity contribution in [3.63, 3.8) is 0 Å². The van der Waals surface area contributed by atoms with Gasteiger partial charge in [-0.3, -0.25) is 10.9 Å². The normalized spacial score (nSPS) is 34.9. The van der Waals surface area contributed by atoms with Crippen molar-refractivity contribution in [2.75, 3.05) is 34.2 Å². The fraction of sp³-hybridized carbons (Fsp3) is 1.00. The molecule has 2 saturated heterocycles. The van der Waals surface area contributed by atoms with Gasteiger partial charge in [-0.25, -0.2) is 0 Å². The van der Waals surface area contributed by atoms with Gasteiger partial charge >= 0.3 is 0 Å². The van der Waals surface area contributed by atoms with E-state index in [9.17, 15) is 0 Å². The standard InChI is InChI=1S/C12H26N4/c1-15(2)7-6-13-14-10-8-11-4-5-12(9-10)16(11)3/h10-14H,4-9H2,1-3H3/t10?,11-,12+. The van der Waals surface area contributed by atoms with Crippen LogP contribution in [0.3, 0.4) is 0 Å². The number of piperidine rings is 1. The number of hydrogen-bond donors (Lipinski definition) is 2. The van der Waals surface area contributed by atoms with Crippen molar-refractivity contribution in [2.24, 2.45) is 0 Å². The lowest BCUT2D eigenvalue weighted by atomic mass is 9.99. The Labute approximate surface area is 99.3 Å². The van der Waals surface area contributed by atoms with E-state index in [1.807, 2.05) is 0 Å². The van der Waals surface area contributed by atoms with Gasteiger partial charge in [0, 0.05) is 31.2 Å². The van der Waals surface area contributed by atoms with E-state index in [0.29, 0.717) is 6.04 Å². The predicted molar refractivity (Wildman–Crippen MR) is 67.3 cm³/mol. The lowest BCUT2D eigenvalue weighted by Gasteiger charge is -2.36. The molecule has 2 heterocycles. The Bertz CT molecular complexity index is 205. The maximum Gasteiger partial charge on any atom is 0.0242 e. The number of hydrazine groups is 1. The molecule has 0 aromatic rings. The first-order valence-electron chi connectivity index (χ1n) is 6.52. The molecule has 2 fully saturated rings. The predicted octanol–water partition coefficient (Wildman–Crippen LogP) is 0.267. The van der Waals surface area contributed by atoms with Crippen LogP contribution >= 0.6 is 0 Å². The van der Waals surface area contributed by atoms with E-state index in [-0.39, 0.29) is 0 Å². The summed E-state index contributed by atoms with van der Waals surface area (Å²) in [6.07, 6.45) is 5.41. The Morgan fingerprint density at radius 1 is 1.19 bits per heavy atom. The summed E-state index contributed by atoms with van der Waals surface area (Å²) in [4.78, 5) is 4.78. The van der Waals surface area contributed by atoms with Gasteiger partial charge in [0.15, 0.2) is 0 Å². The zero-order valence-corrected chi connectivity index (χ0v) is 10.9. The molecular weight excluding hydrogens is 200 g/mol. The van der Waals surface area contributed by atoms with Crippen molar-refractivity contribution in [3.05, 3.63) is 0 Å². The summed E-state index contributed by atoms with van der Waals surface area (Å²) in [5, 5.41) is 0. The topological polar surface area (TPSA) is 30.5 Å². The first-order chi connectivity index (χ1) is 7.66. The van der Waals surface area contributed by atoms with Gasteiger partial charge in [-0.15, -0.1) is 0 Å². The third kappa shape index (κ3) is 2.94. The van der Waals surface area contributed by atoms with Gasteiger partial charge in [0.1, 0.15) is 0 Å². The van der Waals surface area contributed by atoms with E-state index < -0.39 is 0 Å². The molecule has 0 aliphatic carbocycles. The van der Waals surface area contributed by atoms with Crippen molar-refractivity contribution in [2.45, 2.75) is 43.8 Å². The Morgan fingerprint density at radius 3 is 2.38 bits per heavy atom. The molecule has 94 valence electrons. The zero-order chi connectivity index (χ0) is 11.5. The van der Waals surface area contributed by atoms with Crippen LogP contribution in [0.4, 0.5) is 0 Å². The van der Waals surface area contributed by atoms with Crippen LogP contribution in [0, 0.1) is 0 Å². The highest BCUT2D eigenvalue weighted by Crippen LogP contribution is 2.33. The molecule has 0 radical (unpaired) electrons. The minimum atomic E-state index is 0.677. The Morgan fingerprint density at radius 2 is 1.81 bits per heavy atom. The molecule has 0 saturated carbocycles. The van der Waals surface area contributed by atoms with Crippen LogP contribution in [0.1, 0.15) is 25.7 Å². The Hall–Kier alpha value is -0.160. The molecule has 0 aromatic carbocycles. The fourth-order valence-electron chi connectivity index (χ4n) is 3.03. The zero-order valence-electron chi connectivity index (χ0n) is 10.9. The van der Waals surface area contributed by atoms with Crippen LogP contribution in [0.2, 0.25) is 0 Å². The van der Waals surface area contributed by atoms with Crippen molar-refractivity contribution in [1.29, 1.82) is 0 Å². The summed E-state index contributed by atoms with van der Waals surface area (Å²) < 4.78 is 0. The first kappa shape index (κ1) is 12.3. The lowest BCUT2D eigenvalue weighted by Crippen LogP contribution is -2.51. The second-order valence-electron chi connectivity index (χ2n) is 5.59. The van der Waals surface area contributed by atoms with E-state index in [0.717, 1.165) is 25.2 Å². The number of hydrogen-bond acceptors (Lipinski definition) is 4. The maximum absolute atomic E-state index is 3.50. The third-order valence-corrected chi connectivity index (χ3v) is 4.09. The summed E-state index contributed by atoms with van der Waals surface area (Å²) in [6.45, 7) is 2.11. The van der Waals surface area contributed by atoms with E-state index >= 15 is 0 Å². The van der Waals surface area contributed by atoms with Gasteiger partial charge in [0.25, 0.3) is 0 Å². The molecule has 16 heavy (non-hydrogen) atoms.